The zero-order chi connectivity index (χ0) is 25.0. The Balaban J connectivity index is 1.70. The van der Waals surface area contributed by atoms with Crippen LogP contribution in [0.3, 0.4) is 0 Å². The molecule has 35 heavy (non-hydrogen) atoms. The molecule has 2 aromatic carbocycles. The van der Waals surface area contributed by atoms with E-state index in [1.54, 1.807) is 12.1 Å². The molecule has 1 aliphatic heterocycles. The minimum Gasteiger partial charge on any atom is -0.465 e. The lowest BCUT2D eigenvalue weighted by Crippen LogP contribution is -2.46. The second-order valence-electron chi connectivity index (χ2n) is 9.40. The second-order valence-corrected chi connectivity index (χ2v) is 10.2. The molecule has 4 rings (SSSR count). The molecule has 0 bridgehead atoms. The summed E-state index contributed by atoms with van der Waals surface area (Å²) < 4.78 is 21.2. The molecule has 0 unspecified atom stereocenters. The summed E-state index contributed by atoms with van der Waals surface area (Å²) >= 11 is 1.45. The fourth-order valence-corrected chi connectivity index (χ4v) is 5.06. The maximum Gasteiger partial charge on any atom is 0.407 e. The average molecular weight is 499 g/mol. The molecule has 186 valence electrons. The molecule has 0 atom stereocenters. The zero-order valence-corrected chi connectivity index (χ0v) is 21.1. The molecule has 1 amide bonds. The number of nitrogens with zero attached hydrogens (tertiary/aromatic N) is 4. The molecule has 9 heteroatoms. The van der Waals surface area contributed by atoms with E-state index in [1.165, 1.54) is 28.4 Å². The first-order valence-corrected chi connectivity index (χ1v) is 12.5. The normalized spacial score (nSPS) is 14.9. The Hall–Kier alpha value is -3.17. The summed E-state index contributed by atoms with van der Waals surface area (Å²) in [5.41, 5.74) is 3.07. The number of hydrogen-bond acceptors (Lipinski definition) is 5. The van der Waals surface area contributed by atoms with Crippen molar-refractivity contribution in [2.24, 2.45) is 4.99 Å². The van der Waals surface area contributed by atoms with E-state index in [1.807, 2.05) is 30.7 Å². The Morgan fingerprint density at radius 2 is 1.89 bits per heavy atom. The number of amides is 1. The van der Waals surface area contributed by atoms with Crippen LogP contribution >= 0.6 is 11.3 Å². The fraction of sp³-hybridized carbons (Fsp3) is 0.385. The van der Waals surface area contributed by atoms with Gasteiger partial charge in [-0.1, -0.05) is 18.2 Å². The molecule has 0 radical (unpaired) electrons. The third-order valence-electron chi connectivity index (χ3n) is 5.96. The molecule has 0 saturated carbocycles. The molecule has 1 aliphatic rings. The third-order valence-corrected chi connectivity index (χ3v) is 6.82. The minimum absolute atomic E-state index is 0.296. The van der Waals surface area contributed by atoms with Gasteiger partial charge in [0.05, 0.1) is 24.6 Å². The van der Waals surface area contributed by atoms with Crippen LogP contribution in [0.4, 0.5) is 20.6 Å². The van der Waals surface area contributed by atoms with Crippen molar-refractivity contribution in [3.05, 3.63) is 64.5 Å². The number of morpholine rings is 1. The molecule has 1 saturated heterocycles. The Kier molecular flexibility index (Phi) is 7.57. The highest BCUT2D eigenvalue weighted by molar-refractivity contribution is 7.07. The maximum atomic E-state index is 13.8. The van der Waals surface area contributed by atoms with Crippen LogP contribution < -0.4 is 9.70 Å². The van der Waals surface area contributed by atoms with Gasteiger partial charge in [0.15, 0.2) is 4.80 Å². The number of carbonyl (C=O) groups is 1. The van der Waals surface area contributed by atoms with E-state index in [9.17, 15) is 14.3 Å². The quantitative estimate of drug-likeness (QED) is 0.507. The summed E-state index contributed by atoms with van der Waals surface area (Å²) in [4.78, 5) is 21.0. The number of rotatable bonds is 6. The van der Waals surface area contributed by atoms with Gasteiger partial charge in [-0.05, 0) is 56.7 Å². The van der Waals surface area contributed by atoms with Crippen LogP contribution in [0.15, 0.2) is 58.9 Å². The van der Waals surface area contributed by atoms with Crippen LogP contribution in [-0.4, -0.2) is 59.1 Å². The smallest absolute Gasteiger partial charge is 0.407 e. The maximum absolute atomic E-state index is 13.8. The van der Waals surface area contributed by atoms with Crippen LogP contribution in [0.5, 0.6) is 0 Å². The lowest BCUT2D eigenvalue weighted by Gasteiger charge is -2.33. The number of benzene rings is 2. The highest BCUT2D eigenvalue weighted by Crippen LogP contribution is 2.25. The van der Waals surface area contributed by atoms with Gasteiger partial charge in [-0.3, -0.25) is 0 Å². The molecule has 1 fully saturated rings. The Labute approximate surface area is 208 Å². The number of aromatic nitrogens is 1. The van der Waals surface area contributed by atoms with Crippen molar-refractivity contribution in [1.82, 2.24) is 9.47 Å². The number of anilines is 1. The lowest BCUT2D eigenvalue weighted by atomic mass is 10.1. The Morgan fingerprint density at radius 3 is 2.51 bits per heavy atom. The molecule has 0 aliphatic carbocycles. The van der Waals surface area contributed by atoms with Crippen molar-refractivity contribution in [3.8, 4) is 11.3 Å². The number of halogens is 1. The van der Waals surface area contributed by atoms with E-state index in [0.29, 0.717) is 23.6 Å². The molecular weight excluding hydrogens is 467 g/mol. The van der Waals surface area contributed by atoms with Crippen LogP contribution in [0, 0.1) is 5.82 Å². The minimum atomic E-state index is -0.964. The first-order chi connectivity index (χ1) is 16.7. The van der Waals surface area contributed by atoms with Gasteiger partial charge in [-0.15, -0.1) is 11.3 Å². The molecule has 0 spiro atoms. The van der Waals surface area contributed by atoms with Crippen molar-refractivity contribution in [2.45, 2.75) is 32.9 Å². The number of ether oxygens (including phenoxy) is 1. The number of carboxylic acid groups (broad SMARTS) is 1. The van der Waals surface area contributed by atoms with E-state index in [2.05, 4.69) is 34.2 Å². The summed E-state index contributed by atoms with van der Waals surface area (Å²) in [6.07, 6.45) is -0.964. The molecule has 3 aromatic rings. The van der Waals surface area contributed by atoms with Gasteiger partial charge in [0.2, 0.25) is 0 Å². The van der Waals surface area contributed by atoms with Crippen LogP contribution in [0.25, 0.3) is 11.3 Å². The van der Waals surface area contributed by atoms with E-state index < -0.39 is 11.6 Å². The topological polar surface area (TPSA) is 70.3 Å². The van der Waals surface area contributed by atoms with E-state index in [4.69, 9.17) is 4.74 Å². The molecule has 2 heterocycles. The first kappa shape index (κ1) is 24.9. The SMILES string of the molecule is CC(C)(C)N(CCn1c(-c2ccc(N3CCOCC3)cc2)cs/c1=N/c1cccc(F)c1)C(=O)O. The Bertz CT molecular complexity index is 1220. The fourth-order valence-electron chi connectivity index (χ4n) is 4.10. The third kappa shape index (κ3) is 6.10. The van der Waals surface area contributed by atoms with E-state index in [-0.39, 0.29) is 5.82 Å². The van der Waals surface area contributed by atoms with Gasteiger partial charge in [0, 0.05) is 42.8 Å². The van der Waals surface area contributed by atoms with Crippen LogP contribution in [0.2, 0.25) is 0 Å². The summed E-state index contributed by atoms with van der Waals surface area (Å²) in [7, 11) is 0. The van der Waals surface area contributed by atoms with Gasteiger partial charge >= 0.3 is 6.09 Å². The van der Waals surface area contributed by atoms with Gasteiger partial charge in [-0.25, -0.2) is 14.2 Å². The largest absolute Gasteiger partial charge is 0.465 e. The van der Waals surface area contributed by atoms with Crippen molar-refractivity contribution < 1.29 is 19.0 Å². The molecule has 1 N–H and O–H groups in total. The Morgan fingerprint density at radius 1 is 1.17 bits per heavy atom. The predicted molar refractivity (Wildman–Crippen MR) is 137 cm³/mol. The van der Waals surface area contributed by atoms with Gasteiger partial charge in [0.25, 0.3) is 0 Å². The molecular formula is C26H31FN4O3S. The molecule has 1 aromatic heterocycles. The first-order valence-electron chi connectivity index (χ1n) is 11.6. The number of hydrogen-bond donors (Lipinski definition) is 1. The summed E-state index contributed by atoms with van der Waals surface area (Å²) in [5, 5.41) is 11.8. The standard InChI is InChI=1S/C26H31FN4O3S/c1-26(2,3)31(25(32)33)12-11-30-23(18-35-24(30)28-21-6-4-5-20(27)17-21)19-7-9-22(10-8-19)29-13-15-34-16-14-29/h4-10,17-18H,11-16H2,1-3H3,(H,32,33)/b28-24+. The average Bonchev–Trinajstić information content (AvgIpc) is 3.21. The summed E-state index contributed by atoms with van der Waals surface area (Å²) in [6.45, 7) is 9.54. The van der Waals surface area contributed by atoms with Crippen molar-refractivity contribution >= 4 is 28.8 Å². The summed E-state index contributed by atoms with van der Waals surface area (Å²) in [6, 6.07) is 14.5. The monoisotopic (exact) mass is 498 g/mol. The number of thiazole rings is 1. The van der Waals surface area contributed by atoms with Gasteiger partial charge in [0.1, 0.15) is 5.82 Å². The highest BCUT2D eigenvalue weighted by Gasteiger charge is 2.26. The second kappa shape index (κ2) is 10.6. The van der Waals surface area contributed by atoms with Crippen LogP contribution in [0.1, 0.15) is 20.8 Å². The molecule has 7 nitrogen and oxygen atoms in total. The van der Waals surface area contributed by atoms with Gasteiger partial charge in [-0.2, -0.15) is 0 Å². The zero-order valence-electron chi connectivity index (χ0n) is 20.3. The van der Waals surface area contributed by atoms with Crippen molar-refractivity contribution in [3.63, 3.8) is 0 Å². The summed E-state index contributed by atoms with van der Waals surface area (Å²) in [5.74, 6) is -0.349. The lowest BCUT2D eigenvalue weighted by molar-refractivity contribution is 0.0978. The van der Waals surface area contributed by atoms with Gasteiger partial charge < -0.3 is 24.2 Å². The van der Waals surface area contributed by atoms with Crippen molar-refractivity contribution in [2.75, 3.05) is 37.7 Å². The van der Waals surface area contributed by atoms with Crippen LogP contribution in [-0.2, 0) is 11.3 Å². The predicted octanol–water partition coefficient (Wildman–Crippen LogP) is 5.20. The van der Waals surface area contributed by atoms with E-state index >= 15 is 0 Å². The highest BCUT2D eigenvalue weighted by atomic mass is 32.1. The van der Waals surface area contributed by atoms with Crippen molar-refractivity contribution in [1.29, 1.82) is 0 Å². The van der Waals surface area contributed by atoms with E-state index in [0.717, 1.165) is 43.2 Å².